The van der Waals surface area contributed by atoms with Crippen LogP contribution in [0.4, 0.5) is 10.6 Å². The van der Waals surface area contributed by atoms with Gasteiger partial charge in [-0.05, 0) is 12.1 Å². The van der Waals surface area contributed by atoms with Crippen molar-refractivity contribution >= 4 is 11.8 Å². The van der Waals surface area contributed by atoms with Crippen LogP contribution in [0, 0.1) is 0 Å². The van der Waals surface area contributed by atoms with Gasteiger partial charge in [-0.15, -0.1) is 0 Å². The number of nitrogens with zero attached hydrogens (tertiary/aromatic N) is 1. The third-order valence-electron chi connectivity index (χ3n) is 3.87. The predicted molar refractivity (Wildman–Crippen MR) is 95.3 cm³/mol. The first kappa shape index (κ1) is 16.0. The summed E-state index contributed by atoms with van der Waals surface area (Å²) in [6, 6.07) is 18.3. The second kappa shape index (κ2) is 7.18. The Bertz CT molecular complexity index is 895. The van der Waals surface area contributed by atoms with E-state index in [9.17, 15) is 4.79 Å². The van der Waals surface area contributed by atoms with E-state index in [-0.39, 0.29) is 12.1 Å². The van der Waals surface area contributed by atoms with E-state index < -0.39 is 0 Å². The standard InChI is InChI=1S/C19H17N3O4/c23-19(20-11-14-12-24-15-8-4-5-9-16(15)25-14)21-18-10-17(26-22-18)13-6-2-1-3-7-13/h1-10,14H,11-12H2,(H2,20,21,22,23). The van der Waals surface area contributed by atoms with Gasteiger partial charge in [0, 0.05) is 11.6 Å². The molecular weight excluding hydrogens is 334 g/mol. The third kappa shape index (κ3) is 3.61. The molecule has 0 spiro atoms. The lowest BCUT2D eigenvalue weighted by atomic mass is 10.2. The summed E-state index contributed by atoms with van der Waals surface area (Å²) in [5.41, 5.74) is 0.889. The number of fused-ring (bicyclic) bond motifs is 1. The van der Waals surface area contributed by atoms with Crippen molar-refractivity contribution in [2.75, 3.05) is 18.5 Å². The highest BCUT2D eigenvalue weighted by Crippen LogP contribution is 2.30. The largest absolute Gasteiger partial charge is 0.486 e. The maximum Gasteiger partial charge on any atom is 0.320 e. The fraction of sp³-hybridized carbons (Fsp3) is 0.158. The molecule has 2 aromatic carbocycles. The van der Waals surface area contributed by atoms with Crippen molar-refractivity contribution in [3.63, 3.8) is 0 Å². The number of hydrogen-bond acceptors (Lipinski definition) is 5. The lowest BCUT2D eigenvalue weighted by Gasteiger charge is -2.26. The monoisotopic (exact) mass is 351 g/mol. The summed E-state index contributed by atoms with van der Waals surface area (Å²) in [4.78, 5) is 12.0. The number of urea groups is 1. The average Bonchev–Trinajstić information content (AvgIpc) is 3.15. The summed E-state index contributed by atoms with van der Waals surface area (Å²) in [6.45, 7) is 0.684. The van der Waals surface area contributed by atoms with Gasteiger partial charge >= 0.3 is 6.03 Å². The van der Waals surface area contributed by atoms with Gasteiger partial charge in [0.1, 0.15) is 6.61 Å². The quantitative estimate of drug-likeness (QED) is 0.753. The smallest absolute Gasteiger partial charge is 0.320 e. The van der Waals surface area contributed by atoms with E-state index in [0.717, 1.165) is 5.56 Å². The van der Waals surface area contributed by atoms with Crippen LogP contribution in [-0.4, -0.2) is 30.4 Å². The number of amides is 2. The summed E-state index contributed by atoms with van der Waals surface area (Å²) in [6.07, 6.45) is -0.257. The van der Waals surface area contributed by atoms with Crippen LogP contribution in [0.3, 0.4) is 0 Å². The van der Waals surface area contributed by atoms with Crippen LogP contribution in [0.15, 0.2) is 65.2 Å². The SMILES string of the molecule is O=C(NCC1COc2ccccc2O1)Nc1cc(-c2ccccc2)on1. The van der Waals surface area contributed by atoms with Crippen molar-refractivity contribution < 1.29 is 18.8 Å². The zero-order valence-corrected chi connectivity index (χ0v) is 13.8. The van der Waals surface area contributed by atoms with E-state index in [1.54, 1.807) is 6.07 Å². The van der Waals surface area contributed by atoms with Crippen LogP contribution in [0.1, 0.15) is 0 Å². The van der Waals surface area contributed by atoms with Crippen LogP contribution in [0.5, 0.6) is 11.5 Å². The van der Waals surface area contributed by atoms with E-state index in [2.05, 4.69) is 15.8 Å². The molecule has 0 bridgehead atoms. The van der Waals surface area contributed by atoms with Gasteiger partial charge in [-0.3, -0.25) is 5.32 Å². The molecule has 2 heterocycles. The van der Waals surface area contributed by atoms with Crippen LogP contribution in [0.2, 0.25) is 0 Å². The molecule has 1 atom stereocenters. The Balaban J connectivity index is 1.29. The topological polar surface area (TPSA) is 85.6 Å². The van der Waals surface area contributed by atoms with Crippen LogP contribution in [0.25, 0.3) is 11.3 Å². The number of carbonyl (C=O) groups is 1. The minimum atomic E-state index is -0.389. The molecule has 0 fully saturated rings. The molecule has 0 saturated heterocycles. The molecule has 1 aliphatic heterocycles. The van der Waals surface area contributed by atoms with E-state index in [1.165, 1.54) is 0 Å². The minimum absolute atomic E-state index is 0.257. The zero-order chi connectivity index (χ0) is 17.8. The first-order valence-corrected chi connectivity index (χ1v) is 8.23. The number of hydrogen-bond donors (Lipinski definition) is 2. The highest BCUT2D eigenvalue weighted by molar-refractivity contribution is 5.88. The van der Waals surface area contributed by atoms with Gasteiger partial charge in [0.05, 0.1) is 6.54 Å². The molecule has 0 saturated carbocycles. The third-order valence-corrected chi connectivity index (χ3v) is 3.87. The molecule has 132 valence electrons. The van der Waals surface area contributed by atoms with Gasteiger partial charge in [-0.25, -0.2) is 4.79 Å². The molecule has 4 rings (SSSR count). The number of ether oxygens (including phenoxy) is 2. The number of carbonyl (C=O) groups excluding carboxylic acids is 1. The molecule has 1 unspecified atom stereocenters. The maximum absolute atomic E-state index is 12.0. The van der Waals surface area contributed by atoms with Gasteiger partial charge in [-0.2, -0.15) is 0 Å². The van der Waals surface area contributed by atoms with Crippen molar-refractivity contribution in [1.29, 1.82) is 0 Å². The highest BCUT2D eigenvalue weighted by Gasteiger charge is 2.21. The number of nitrogens with one attached hydrogen (secondary N) is 2. The summed E-state index contributed by atoms with van der Waals surface area (Å²) in [5, 5.41) is 9.24. The number of aromatic nitrogens is 1. The Kier molecular flexibility index (Phi) is 4.42. The fourth-order valence-corrected chi connectivity index (χ4v) is 2.60. The molecule has 1 aliphatic rings. The number of rotatable bonds is 4. The Labute approximate surface area is 149 Å². The molecule has 2 N–H and O–H groups in total. The van der Waals surface area contributed by atoms with E-state index in [4.69, 9.17) is 14.0 Å². The fourth-order valence-electron chi connectivity index (χ4n) is 2.60. The van der Waals surface area contributed by atoms with Crippen molar-refractivity contribution in [3.8, 4) is 22.8 Å². The second-order valence-electron chi connectivity index (χ2n) is 5.78. The molecule has 2 amide bonds. The summed E-state index contributed by atoms with van der Waals surface area (Å²) < 4.78 is 16.7. The number of anilines is 1. The molecule has 0 aliphatic carbocycles. The van der Waals surface area contributed by atoms with Gasteiger partial charge in [-0.1, -0.05) is 47.6 Å². The molecular formula is C19H17N3O4. The van der Waals surface area contributed by atoms with Crippen LogP contribution < -0.4 is 20.1 Å². The van der Waals surface area contributed by atoms with Gasteiger partial charge < -0.3 is 19.3 Å². The Morgan fingerprint density at radius 1 is 1.08 bits per heavy atom. The molecule has 26 heavy (non-hydrogen) atoms. The van der Waals surface area contributed by atoms with Crippen molar-refractivity contribution in [2.24, 2.45) is 0 Å². The van der Waals surface area contributed by atoms with Crippen LogP contribution in [-0.2, 0) is 0 Å². The lowest BCUT2D eigenvalue weighted by molar-refractivity contribution is 0.0922. The van der Waals surface area contributed by atoms with Gasteiger partial charge in [0.25, 0.3) is 0 Å². The molecule has 3 aromatic rings. The molecule has 7 heteroatoms. The van der Waals surface area contributed by atoms with Gasteiger partial charge in [0.15, 0.2) is 29.2 Å². The normalized spacial score (nSPS) is 15.3. The average molecular weight is 351 g/mol. The Hall–Kier alpha value is -3.48. The minimum Gasteiger partial charge on any atom is -0.486 e. The second-order valence-corrected chi connectivity index (χ2v) is 5.78. The molecule has 7 nitrogen and oxygen atoms in total. The number of benzene rings is 2. The van der Waals surface area contributed by atoms with E-state index in [0.29, 0.717) is 36.2 Å². The van der Waals surface area contributed by atoms with Crippen LogP contribution >= 0.6 is 0 Å². The van der Waals surface area contributed by atoms with Crippen molar-refractivity contribution in [2.45, 2.75) is 6.10 Å². The first-order chi connectivity index (χ1) is 12.8. The Morgan fingerprint density at radius 2 is 1.85 bits per heavy atom. The Morgan fingerprint density at radius 3 is 2.69 bits per heavy atom. The van der Waals surface area contributed by atoms with E-state index >= 15 is 0 Å². The summed E-state index contributed by atoms with van der Waals surface area (Å²) in [5.74, 6) is 2.31. The highest BCUT2D eigenvalue weighted by atomic mass is 16.6. The zero-order valence-electron chi connectivity index (χ0n) is 13.8. The van der Waals surface area contributed by atoms with Crippen molar-refractivity contribution in [3.05, 3.63) is 60.7 Å². The number of para-hydroxylation sites is 2. The molecule has 0 radical (unpaired) electrons. The van der Waals surface area contributed by atoms with Crippen molar-refractivity contribution in [1.82, 2.24) is 10.5 Å². The molecule has 1 aromatic heterocycles. The van der Waals surface area contributed by atoms with E-state index in [1.807, 2.05) is 54.6 Å². The summed E-state index contributed by atoms with van der Waals surface area (Å²) in [7, 11) is 0. The predicted octanol–water partition coefficient (Wildman–Crippen LogP) is 3.30. The van der Waals surface area contributed by atoms with Gasteiger partial charge in [0.2, 0.25) is 0 Å². The lowest BCUT2D eigenvalue weighted by Crippen LogP contribution is -2.42. The first-order valence-electron chi connectivity index (χ1n) is 8.23. The maximum atomic E-state index is 12.0. The summed E-state index contributed by atoms with van der Waals surface area (Å²) >= 11 is 0.